The van der Waals surface area contributed by atoms with Gasteiger partial charge in [-0.25, -0.2) is 22.0 Å². The molecular formula is C14H11F5O11S. The summed E-state index contributed by atoms with van der Waals surface area (Å²) in [7, 11) is -5.52. The van der Waals surface area contributed by atoms with E-state index in [4.69, 9.17) is 25.0 Å². The van der Waals surface area contributed by atoms with Crippen molar-refractivity contribution in [3.8, 4) is 0 Å². The first kappa shape index (κ1) is 27.7. The van der Waals surface area contributed by atoms with E-state index in [0.717, 1.165) is 0 Å². The molecule has 1 rings (SSSR count). The van der Waals surface area contributed by atoms with E-state index in [9.17, 15) is 49.5 Å². The summed E-state index contributed by atoms with van der Waals surface area (Å²) in [6.45, 7) is 0. The summed E-state index contributed by atoms with van der Waals surface area (Å²) < 4.78 is 91.3. The zero-order valence-corrected chi connectivity index (χ0v) is 15.4. The van der Waals surface area contributed by atoms with Crippen LogP contribution in [0.2, 0.25) is 0 Å². The molecule has 0 aromatic heterocycles. The van der Waals surface area contributed by atoms with Gasteiger partial charge in [0, 0.05) is 0 Å². The lowest BCUT2D eigenvalue weighted by Gasteiger charge is -2.16. The van der Waals surface area contributed by atoms with Gasteiger partial charge in [-0.05, 0) is 0 Å². The quantitative estimate of drug-likeness (QED) is 0.153. The summed E-state index contributed by atoms with van der Waals surface area (Å²) in [5.74, 6) is -22.4. The van der Waals surface area contributed by atoms with E-state index < -0.39 is 92.7 Å². The van der Waals surface area contributed by atoms with Crippen LogP contribution < -0.4 is 0 Å². The first-order valence-corrected chi connectivity index (χ1v) is 8.75. The Morgan fingerprint density at radius 3 is 1.10 bits per heavy atom. The summed E-state index contributed by atoms with van der Waals surface area (Å²) in [6, 6.07) is 0. The highest BCUT2D eigenvalue weighted by atomic mass is 32.2. The monoisotopic (exact) mass is 482 g/mol. The van der Waals surface area contributed by atoms with Gasteiger partial charge in [-0.1, -0.05) is 0 Å². The Bertz CT molecular complexity index is 947. The minimum Gasteiger partial charge on any atom is -0.481 e. The molecule has 2 unspecified atom stereocenters. The van der Waals surface area contributed by atoms with Gasteiger partial charge in [-0.2, -0.15) is 8.42 Å². The number of rotatable bonds is 8. The van der Waals surface area contributed by atoms with E-state index in [1.165, 1.54) is 0 Å². The molecule has 0 bridgehead atoms. The number of hydrogen-bond acceptors (Lipinski definition) is 6. The molecule has 0 saturated heterocycles. The Kier molecular flexibility index (Phi) is 9.47. The molecular weight excluding hydrogens is 471 g/mol. The Balaban J connectivity index is 0.000000581. The number of benzene rings is 1. The van der Waals surface area contributed by atoms with Crippen LogP contribution in [0.1, 0.15) is 12.8 Å². The average molecular weight is 482 g/mol. The van der Waals surface area contributed by atoms with Crippen molar-refractivity contribution in [3.05, 3.63) is 29.1 Å². The van der Waals surface area contributed by atoms with Gasteiger partial charge in [0.05, 0.1) is 24.7 Å². The fourth-order valence-corrected chi connectivity index (χ4v) is 2.62. The molecule has 0 aliphatic rings. The molecule has 0 amide bonds. The lowest BCUT2D eigenvalue weighted by atomic mass is 9.87. The van der Waals surface area contributed by atoms with Crippen LogP contribution in [0.4, 0.5) is 22.0 Å². The SMILES string of the molecule is O=C(O)CC(C(=O)O)C(CC(=O)O)C(=O)O.O=S(=O)(O)c1c(F)c(F)c(F)c(F)c1F. The third kappa shape index (κ3) is 7.45. The highest BCUT2D eigenvalue weighted by Gasteiger charge is 2.37. The second-order valence-electron chi connectivity index (χ2n) is 5.46. The standard InChI is InChI=1S/C8H10O8.C6HF5O3S/c9-5(10)1-3(7(13)14)4(8(15)16)2-6(11)12;7-1-2(8)4(10)6(15(12,13)14)5(11)3(1)9/h3-4H,1-2H2,(H,9,10)(H,11,12)(H,13,14)(H,15,16);(H,12,13,14). The summed E-state index contributed by atoms with van der Waals surface area (Å²) in [6.07, 6.45) is -1.86. The predicted octanol–water partition coefficient (Wildman–Crippen LogP) is 0.966. The molecule has 174 valence electrons. The Morgan fingerprint density at radius 2 is 0.903 bits per heavy atom. The number of aliphatic carboxylic acids is 4. The normalized spacial score (nSPS) is 12.8. The highest BCUT2D eigenvalue weighted by molar-refractivity contribution is 7.85. The molecule has 0 aliphatic heterocycles. The van der Waals surface area contributed by atoms with E-state index >= 15 is 0 Å². The van der Waals surface area contributed by atoms with E-state index in [1.807, 2.05) is 0 Å². The number of carboxylic acid groups (broad SMARTS) is 4. The van der Waals surface area contributed by atoms with Gasteiger partial charge in [0.2, 0.25) is 5.82 Å². The number of halogens is 5. The Hall–Kier alpha value is -3.34. The van der Waals surface area contributed by atoms with Crippen LogP contribution in [0.5, 0.6) is 0 Å². The molecule has 1 aromatic carbocycles. The molecule has 1 aromatic rings. The van der Waals surface area contributed by atoms with E-state index in [-0.39, 0.29) is 0 Å². The van der Waals surface area contributed by atoms with E-state index in [0.29, 0.717) is 0 Å². The predicted molar refractivity (Wildman–Crippen MR) is 82.8 cm³/mol. The van der Waals surface area contributed by atoms with Gasteiger partial charge >= 0.3 is 34.0 Å². The van der Waals surface area contributed by atoms with Crippen molar-refractivity contribution in [1.82, 2.24) is 0 Å². The Morgan fingerprint density at radius 1 is 0.645 bits per heavy atom. The van der Waals surface area contributed by atoms with E-state index in [1.54, 1.807) is 0 Å². The number of hydrogen-bond donors (Lipinski definition) is 5. The molecule has 17 heteroatoms. The first-order chi connectivity index (χ1) is 13.9. The Labute approximate surface area is 168 Å². The minimum atomic E-state index is -5.52. The number of carboxylic acids is 4. The second kappa shape index (κ2) is 10.6. The topological polar surface area (TPSA) is 204 Å². The molecule has 0 radical (unpaired) electrons. The molecule has 0 saturated carbocycles. The summed E-state index contributed by atoms with van der Waals surface area (Å²) >= 11 is 0. The van der Waals surface area contributed by atoms with Crippen LogP contribution in [-0.2, 0) is 29.3 Å². The fourth-order valence-electron chi connectivity index (χ4n) is 1.99. The second-order valence-corrected chi connectivity index (χ2v) is 6.82. The van der Waals surface area contributed by atoms with Gasteiger partial charge < -0.3 is 20.4 Å². The molecule has 0 spiro atoms. The number of carbonyl (C=O) groups is 4. The van der Waals surface area contributed by atoms with Crippen molar-refractivity contribution in [2.75, 3.05) is 0 Å². The summed E-state index contributed by atoms with van der Waals surface area (Å²) in [4.78, 5) is 39.7. The molecule has 0 heterocycles. The van der Waals surface area contributed by atoms with E-state index in [2.05, 4.69) is 0 Å². The third-order valence-electron chi connectivity index (χ3n) is 3.34. The van der Waals surface area contributed by atoms with Crippen molar-refractivity contribution >= 4 is 34.0 Å². The van der Waals surface area contributed by atoms with Crippen molar-refractivity contribution in [3.63, 3.8) is 0 Å². The van der Waals surface area contributed by atoms with Crippen molar-refractivity contribution < 1.29 is 74.5 Å². The van der Waals surface area contributed by atoms with Crippen molar-refractivity contribution in [2.45, 2.75) is 17.7 Å². The van der Waals surface area contributed by atoms with Crippen LogP contribution >= 0.6 is 0 Å². The molecule has 11 nitrogen and oxygen atoms in total. The average Bonchev–Trinajstić information content (AvgIpc) is 2.60. The third-order valence-corrected chi connectivity index (χ3v) is 4.21. The maximum Gasteiger partial charge on any atom is 0.307 e. The van der Waals surface area contributed by atoms with Crippen LogP contribution in [0.15, 0.2) is 4.90 Å². The lowest BCUT2D eigenvalue weighted by molar-refractivity contribution is -0.160. The van der Waals surface area contributed by atoms with Crippen molar-refractivity contribution in [2.24, 2.45) is 11.8 Å². The van der Waals surface area contributed by atoms with Gasteiger partial charge in [0.1, 0.15) is 0 Å². The maximum atomic E-state index is 12.6. The van der Waals surface area contributed by atoms with Crippen LogP contribution in [0.25, 0.3) is 0 Å². The largest absolute Gasteiger partial charge is 0.481 e. The maximum absolute atomic E-state index is 12.6. The molecule has 31 heavy (non-hydrogen) atoms. The molecule has 0 aliphatic carbocycles. The highest BCUT2D eigenvalue weighted by Crippen LogP contribution is 2.26. The molecule has 5 N–H and O–H groups in total. The fraction of sp³-hybridized carbons (Fsp3) is 0.286. The molecule has 2 atom stereocenters. The summed E-state index contributed by atoms with van der Waals surface area (Å²) in [5.41, 5.74) is 0. The van der Waals surface area contributed by atoms with Crippen LogP contribution in [0.3, 0.4) is 0 Å². The summed E-state index contributed by atoms with van der Waals surface area (Å²) in [5, 5.41) is 34.1. The van der Waals surface area contributed by atoms with Crippen molar-refractivity contribution in [1.29, 1.82) is 0 Å². The van der Waals surface area contributed by atoms with Crippen LogP contribution in [0, 0.1) is 40.9 Å². The van der Waals surface area contributed by atoms with Gasteiger partial charge in [0.25, 0.3) is 0 Å². The van der Waals surface area contributed by atoms with Crippen LogP contribution in [-0.4, -0.2) is 57.3 Å². The zero-order chi connectivity index (χ0) is 24.8. The molecule has 0 fully saturated rings. The zero-order valence-electron chi connectivity index (χ0n) is 14.6. The smallest absolute Gasteiger partial charge is 0.307 e. The van der Waals surface area contributed by atoms with Gasteiger partial charge in [0.15, 0.2) is 28.2 Å². The van der Waals surface area contributed by atoms with Gasteiger partial charge in [-0.15, -0.1) is 0 Å². The first-order valence-electron chi connectivity index (χ1n) is 7.31. The minimum absolute atomic E-state index is 0.931. The van der Waals surface area contributed by atoms with Gasteiger partial charge in [-0.3, -0.25) is 23.7 Å². The lowest BCUT2D eigenvalue weighted by Crippen LogP contribution is -2.33.